The number of hydrogen-bond acceptors (Lipinski definition) is 0. The molecule has 0 aliphatic heterocycles. The topological polar surface area (TPSA) is 0 Å². The molecule has 0 aliphatic rings. The quantitative estimate of drug-likeness (QED) is 0.366. The van der Waals surface area contributed by atoms with Crippen LogP contribution in [0.1, 0.15) is 0 Å². The van der Waals surface area contributed by atoms with Crippen LogP contribution in [0.25, 0.3) is 0 Å². The van der Waals surface area contributed by atoms with Crippen LogP contribution in [0, 0.1) is 0 Å². The van der Waals surface area contributed by atoms with Gasteiger partial charge in [0.1, 0.15) is 0 Å². The van der Waals surface area contributed by atoms with Crippen LogP contribution >= 0.6 is 17.6 Å². The van der Waals surface area contributed by atoms with Gasteiger partial charge in [-0.05, 0) is 6.37 Å². The average molecular weight is 387 g/mol. The summed E-state index contributed by atoms with van der Waals surface area (Å²) in [5.41, 5.74) is 0. The van der Waals surface area contributed by atoms with E-state index in [4.69, 9.17) is 11.2 Å². The van der Waals surface area contributed by atoms with Gasteiger partial charge in [0.05, 0.1) is 14.0 Å². The Labute approximate surface area is 132 Å². The molecule has 1 atom stereocenters. The van der Waals surface area contributed by atoms with Crippen molar-refractivity contribution >= 4 is 54.4 Å². The molecule has 0 nitrogen and oxygen atoms in total. The molecule has 19 heavy (non-hydrogen) atoms. The van der Waals surface area contributed by atoms with Crippen molar-refractivity contribution < 1.29 is 0 Å². The van der Waals surface area contributed by atoms with Crippen LogP contribution in [0.3, 0.4) is 0 Å². The monoisotopic (exact) mass is 386 g/mol. The van der Waals surface area contributed by atoms with Gasteiger partial charge in [-0.3, -0.25) is 0 Å². The molecule has 0 amide bonds. The van der Waals surface area contributed by atoms with Gasteiger partial charge in [0, 0.05) is 22.8 Å². The van der Waals surface area contributed by atoms with Gasteiger partial charge in [-0.2, -0.15) is 0 Å². The molecule has 0 bridgehead atoms. The zero-order chi connectivity index (χ0) is 16.1. The predicted molar refractivity (Wildman–Crippen MR) is 112 cm³/mol. The molecule has 0 saturated carbocycles. The molecule has 0 heterocycles. The fraction of sp³-hybridized carbons (Fsp3) is 1.00. The van der Waals surface area contributed by atoms with Crippen LogP contribution in [-0.4, -0.2) is 36.8 Å². The molecule has 116 valence electrons. The van der Waals surface area contributed by atoms with Crippen LogP contribution in [0.2, 0.25) is 78.6 Å². The molecule has 0 aliphatic carbocycles. The molecule has 7 heteroatoms. The van der Waals surface area contributed by atoms with Gasteiger partial charge in [-0.25, -0.2) is 0 Å². The van der Waals surface area contributed by atoms with Crippen molar-refractivity contribution in [1.29, 1.82) is 0 Å². The Kier molecular flexibility index (Phi) is 6.33. The van der Waals surface area contributed by atoms with Crippen LogP contribution in [0.4, 0.5) is 0 Å². The molecule has 0 rings (SSSR count). The highest BCUT2D eigenvalue weighted by Crippen LogP contribution is 2.66. The Hall–Kier alpha value is 1.80. The third-order valence-corrected chi connectivity index (χ3v) is 128. The van der Waals surface area contributed by atoms with Crippen LogP contribution < -0.4 is 0 Å². The molecule has 0 aromatic rings. The lowest BCUT2D eigenvalue weighted by Gasteiger charge is -2.61. The second-order valence-corrected chi connectivity index (χ2v) is 71.1. The summed E-state index contributed by atoms with van der Waals surface area (Å²) in [6.07, 6.45) is -1.53. The summed E-state index contributed by atoms with van der Waals surface area (Å²) >= 11 is 7.43. The Morgan fingerprint density at radius 2 is 0.737 bits per heavy atom. The zero-order valence-corrected chi connectivity index (χ0v) is 22.0. The fourth-order valence-corrected chi connectivity index (χ4v) is 203. The lowest BCUT2D eigenvalue weighted by Crippen LogP contribution is -2.82. The second-order valence-electron chi connectivity index (χ2n) is 9.91. The lowest BCUT2D eigenvalue weighted by molar-refractivity contribution is 1.76. The van der Waals surface area contributed by atoms with E-state index in [1.807, 2.05) is 0 Å². The first-order chi connectivity index (χ1) is 7.90. The van der Waals surface area contributed by atoms with Gasteiger partial charge in [0.25, 0.3) is 0 Å². The van der Waals surface area contributed by atoms with E-state index in [1.165, 1.54) is 0 Å². The van der Waals surface area contributed by atoms with Gasteiger partial charge in [0.2, 0.25) is 0 Å². The van der Waals surface area contributed by atoms with E-state index in [0.717, 1.165) is 0 Å². The molecule has 0 radical (unpaired) electrons. The standard InChI is InChI=1S/C12H36ClPSi5/c1-15(2,3)14(13)19(16(4,5)6,17(7,8)9)18(10,11)12/h1-12H3. The maximum Gasteiger partial charge on any atom is 0.0848 e. The molecule has 0 saturated heterocycles. The van der Waals surface area contributed by atoms with Crippen molar-refractivity contribution in [2.24, 2.45) is 0 Å². The third kappa shape index (κ3) is 3.77. The lowest BCUT2D eigenvalue weighted by atomic mass is 11.8. The smallest absolute Gasteiger partial charge is 0.0848 e. The van der Waals surface area contributed by atoms with Crippen LogP contribution in [-0.2, 0) is 0 Å². The van der Waals surface area contributed by atoms with E-state index in [0.29, 0.717) is 0 Å². The zero-order valence-electron chi connectivity index (χ0n) is 15.3. The Morgan fingerprint density at radius 3 is 0.789 bits per heavy atom. The molecule has 0 N–H and O–H groups in total. The molecule has 1 unspecified atom stereocenters. The minimum atomic E-state index is -1.33. The van der Waals surface area contributed by atoms with E-state index in [2.05, 4.69) is 78.6 Å². The summed E-state index contributed by atoms with van der Waals surface area (Å²) in [4.78, 5) is 0. The summed E-state index contributed by atoms with van der Waals surface area (Å²) in [5.74, 6) is 0. The molecular formula is C12H36ClPSi5. The van der Waals surface area contributed by atoms with E-state index in [-0.39, 0.29) is 6.37 Å². The SMILES string of the molecule is C[Si](C)(C)P(Cl)[Si]([Si](C)(C)C)([Si](C)(C)C)[Si](C)(C)C. The first-order valence-electron chi connectivity index (χ1n) is 7.37. The van der Waals surface area contributed by atoms with Crippen molar-refractivity contribution in [3.05, 3.63) is 0 Å². The van der Waals surface area contributed by atoms with Gasteiger partial charge >= 0.3 is 0 Å². The number of hydrogen-bond donors (Lipinski definition) is 0. The molecule has 0 fully saturated rings. The summed E-state index contributed by atoms with van der Waals surface area (Å²) < 4.78 is 0. The third-order valence-electron chi connectivity index (χ3n) is 4.14. The normalized spacial score (nSPS) is 17.5. The van der Waals surface area contributed by atoms with Crippen molar-refractivity contribution in [2.45, 2.75) is 78.6 Å². The summed E-state index contributed by atoms with van der Waals surface area (Å²) in [6, 6.07) is 0. The van der Waals surface area contributed by atoms with E-state index in [9.17, 15) is 0 Å². The first-order valence-corrected chi connectivity index (χ1v) is 30.3. The highest BCUT2D eigenvalue weighted by Gasteiger charge is 2.67. The van der Waals surface area contributed by atoms with E-state index < -0.39 is 36.8 Å². The van der Waals surface area contributed by atoms with Crippen molar-refractivity contribution in [3.63, 3.8) is 0 Å². The van der Waals surface area contributed by atoms with Gasteiger partial charge in [-0.15, -0.1) is 11.2 Å². The average Bonchev–Trinajstić information content (AvgIpc) is 1.92. The van der Waals surface area contributed by atoms with Gasteiger partial charge in [0.15, 0.2) is 0 Å². The molecule has 0 aromatic heterocycles. The van der Waals surface area contributed by atoms with Crippen LogP contribution in [0.5, 0.6) is 0 Å². The van der Waals surface area contributed by atoms with E-state index in [1.54, 1.807) is 0 Å². The number of halogens is 1. The minimum absolute atomic E-state index is 0.198. The van der Waals surface area contributed by atoms with Crippen molar-refractivity contribution in [2.75, 3.05) is 0 Å². The van der Waals surface area contributed by atoms with Crippen molar-refractivity contribution in [3.8, 4) is 0 Å². The Balaban J connectivity index is 6.45. The highest BCUT2D eigenvalue weighted by molar-refractivity contribution is 8.49. The van der Waals surface area contributed by atoms with Crippen LogP contribution in [0.15, 0.2) is 0 Å². The fourth-order valence-electron chi connectivity index (χ4n) is 4.76. The minimum Gasteiger partial charge on any atom is -0.107 e. The van der Waals surface area contributed by atoms with E-state index >= 15 is 0 Å². The predicted octanol–water partition coefficient (Wildman–Crippen LogP) is 6.65. The van der Waals surface area contributed by atoms with Crippen molar-refractivity contribution in [1.82, 2.24) is 0 Å². The molecular weight excluding hydrogens is 351 g/mol. The van der Waals surface area contributed by atoms with Gasteiger partial charge in [-0.1, -0.05) is 78.6 Å². The second kappa shape index (κ2) is 5.78. The molecule has 0 spiro atoms. The number of rotatable bonds is 5. The maximum absolute atomic E-state index is 7.43. The summed E-state index contributed by atoms with van der Waals surface area (Å²) in [6.45, 7) is 31.5. The van der Waals surface area contributed by atoms with Gasteiger partial charge < -0.3 is 0 Å². The maximum atomic E-state index is 7.43. The Morgan fingerprint density at radius 1 is 0.526 bits per heavy atom. The largest absolute Gasteiger partial charge is 0.107 e. The highest BCUT2D eigenvalue weighted by atomic mass is 35.7. The molecule has 0 aromatic carbocycles. The summed E-state index contributed by atoms with van der Waals surface area (Å²) in [5, 5.41) is 0. The first kappa shape index (κ1) is 20.8. The summed E-state index contributed by atoms with van der Waals surface area (Å²) in [7, 11) is -4.79. The Bertz CT molecular complexity index is 283.